The number of rotatable bonds is 1. The Labute approximate surface area is 110 Å². The van der Waals surface area contributed by atoms with E-state index in [0.717, 1.165) is 0 Å². The number of hydrogen-bond acceptors (Lipinski definition) is 2. The second-order valence-corrected chi connectivity index (χ2v) is 4.19. The summed E-state index contributed by atoms with van der Waals surface area (Å²) in [5.74, 6) is -3.17. The number of benzene rings is 2. The first-order valence-corrected chi connectivity index (χ1v) is 5.70. The Balaban J connectivity index is 2.42. The van der Waals surface area contributed by atoms with Gasteiger partial charge in [-0.3, -0.25) is 4.79 Å². The van der Waals surface area contributed by atoms with Gasteiger partial charge in [0.2, 0.25) is 0 Å². The van der Waals surface area contributed by atoms with Crippen molar-refractivity contribution in [3.63, 3.8) is 0 Å². The molecule has 100 valence electrons. The van der Waals surface area contributed by atoms with E-state index in [1.54, 1.807) is 12.1 Å². The first kappa shape index (κ1) is 12.4. The molecule has 0 spiro atoms. The second kappa shape index (κ2) is 4.48. The quantitative estimate of drug-likeness (QED) is 0.742. The molecule has 0 atom stereocenters. The van der Waals surface area contributed by atoms with E-state index in [1.807, 2.05) is 0 Å². The van der Waals surface area contributed by atoms with Gasteiger partial charge in [-0.15, -0.1) is 0 Å². The van der Waals surface area contributed by atoms with Crippen LogP contribution in [0, 0.1) is 17.5 Å². The maximum absolute atomic E-state index is 13.8. The predicted molar refractivity (Wildman–Crippen MR) is 67.7 cm³/mol. The zero-order valence-electron chi connectivity index (χ0n) is 9.95. The molecule has 0 aliphatic rings. The summed E-state index contributed by atoms with van der Waals surface area (Å²) in [6.07, 6.45) is 0. The lowest BCUT2D eigenvalue weighted by atomic mass is 10.0. The van der Waals surface area contributed by atoms with Gasteiger partial charge in [-0.25, -0.2) is 18.3 Å². The fraction of sp³-hybridized carbons (Fsp3) is 0. The summed E-state index contributed by atoms with van der Waals surface area (Å²) in [6, 6.07) is 7.42. The Bertz CT molecular complexity index is 851. The van der Waals surface area contributed by atoms with E-state index in [2.05, 4.69) is 10.2 Å². The van der Waals surface area contributed by atoms with Gasteiger partial charge in [0.05, 0.1) is 10.9 Å². The minimum atomic E-state index is -1.08. The molecule has 1 N–H and O–H groups in total. The monoisotopic (exact) mass is 276 g/mol. The number of fused-ring (bicyclic) bond motifs is 1. The van der Waals surface area contributed by atoms with Gasteiger partial charge in [-0.1, -0.05) is 18.2 Å². The molecule has 2 aromatic carbocycles. The molecule has 0 aliphatic carbocycles. The number of H-pyrrole nitrogens is 1. The molecular formula is C14H7F3N2O. The van der Waals surface area contributed by atoms with Crippen molar-refractivity contribution in [2.24, 2.45) is 0 Å². The van der Waals surface area contributed by atoms with Crippen molar-refractivity contribution in [2.75, 3.05) is 0 Å². The van der Waals surface area contributed by atoms with Gasteiger partial charge in [-0.05, 0) is 6.07 Å². The van der Waals surface area contributed by atoms with Gasteiger partial charge in [0.15, 0.2) is 0 Å². The lowest BCUT2D eigenvalue weighted by Crippen LogP contribution is -2.10. The Kier molecular flexibility index (Phi) is 2.78. The summed E-state index contributed by atoms with van der Waals surface area (Å²) in [5, 5.41) is 6.41. The van der Waals surface area contributed by atoms with E-state index < -0.39 is 28.6 Å². The number of nitrogens with one attached hydrogen (secondary N) is 1. The van der Waals surface area contributed by atoms with E-state index in [4.69, 9.17) is 0 Å². The summed E-state index contributed by atoms with van der Waals surface area (Å²) in [7, 11) is 0. The Morgan fingerprint density at radius 1 is 0.950 bits per heavy atom. The third-order valence-electron chi connectivity index (χ3n) is 2.94. The van der Waals surface area contributed by atoms with Crippen LogP contribution in [0.3, 0.4) is 0 Å². The summed E-state index contributed by atoms with van der Waals surface area (Å²) in [6.45, 7) is 0. The first-order chi connectivity index (χ1) is 9.58. The lowest BCUT2D eigenvalue weighted by molar-refractivity contribution is 0.547. The Morgan fingerprint density at radius 2 is 1.55 bits per heavy atom. The van der Waals surface area contributed by atoms with Crippen LogP contribution in [0.1, 0.15) is 0 Å². The molecule has 3 nitrogen and oxygen atoms in total. The first-order valence-electron chi connectivity index (χ1n) is 5.70. The minimum Gasteiger partial charge on any atom is -0.267 e. The molecule has 20 heavy (non-hydrogen) atoms. The van der Waals surface area contributed by atoms with Gasteiger partial charge in [0, 0.05) is 17.5 Å². The standard InChI is InChI=1S/C14H7F3N2O/c15-7-5-10(16)12(11(17)6-7)13-8-3-1-2-4-9(8)14(20)19-18-13/h1-6H,(H,19,20). The normalized spacial score (nSPS) is 10.9. The van der Waals surface area contributed by atoms with E-state index in [-0.39, 0.29) is 11.1 Å². The van der Waals surface area contributed by atoms with Gasteiger partial charge in [0.25, 0.3) is 5.56 Å². The molecule has 0 radical (unpaired) electrons. The summed E-state index contributed by atoms with van der Waals surface area (Å²) in [4.78, 5) is 11.6. The summed E-state index contributed by atoms with van der Waals surface area (Å²) >= 11 is 0. The molecule has 6 heteroatoms. The molecule has 3 rings (SSSR count). The van der Waals surface area contributed by atoms with Crippen LogP contribution in [0.2, 0.25) is 0 Å². The molecule has 1 aromatic heterocycles. The maximum Gasteiger partial charge on any atom is 0.272 e. The minimum absolute atomic E-state index is 0.0739. The van der Waals surface area contributed by atoms with Crippen LogP contribution in [0.25, 0.3) is 22.0 Å². The van der Waals surface area contributed by atoms with Gasteiger partial charge in [-0.2, -0.15) is 5.10 Å². The number of nitrogens with zero attached hydrogens (tertiary/aromatic N) is 1. The topological polar surface area (TPSA) is 45.8 Å². The molecule has 0 bridgehead atoms. The van der Waals surface area contributed by atoms with Crippen LogP contribution in [0.4, 0.5) is 13.2 Å². The van der Waals surface area contributed by atoms with Crippen molar-refractivity contribution in [3.8, 4) is 11.3 Å². The molecular weight excluding hydrogens is 269 g/mol. The molecule has 0 aliphatic heterocycles. The number of hydrogen-bond donors (Lipinski definition) is 1. The fourth-order valence-electron chi connectivity index (χ4n) is 2.07. The Hall–Kier alpha value is -2.63. The number of aromatic amines is 1. The molecule has 0 fully saturated rings. The zero-order chi connectivity index (χ0) is 14.3. The summed E-state index contributed by atoms with van der Waals surface area (Å²) < 4.78 is 40.6. The molecule has 0 saturated carbocycles. The van der Waals surface area contributed by atoms with E-state index in [9.17, 15) is 18.0 Å². The second-order valence-electron chi connectivity index (χ2n) is 4.19. The van der Waals surface area contributed by atoms with Crippen LogP contribution >= 0.6 is 0 Å². The molecule has 0 unspecified atom stereocenters. The Morgan fingerprint density at radius 3 is 2.20 bits per heavy atom. The highest BCUT2D eigenvalue weighted by Gasteiger charge is 2.18. The highest BCUT2D eigenvalue weighted by molar-refractivity contribution is 5.93. The van der Waals surface area contributed by atoms with Gasteiger partial charge < -0.3 is 0 Å². The molecule has 3 aromatic rings. The van der Waals surface area contributed by atoms with E-state index in [1.165, 1.54) is 12.1 Å². The van der Waals surface area contributed by atoms with Crippen LogP contribution in [-0.2, 0) is 0 Å². The van der Waals surface area contributed by atoms with Crippen LogP contribution < -0.4 is 5.56 Å². The van der Waals surface area contributed by atoms with Crippen LogP contribution in [0.15, 0.2) is 41.2 Å². The highest BCUT2D eigenvalue weighted by atomic mass is 19.1. The molecule has 1 heterocycles. The lowest BCUT2D eigenvalue weighted by Gasteiger charge is -2.07. The average molecular weight is 276 g/mol. The zero-order valence-corrected chi connectivity index (χ0v) is 9.95. The van der Waals surface area contributed by atoms with Gasteiger partial charge >= 0.3 is 0 Å². The van der Waals surface area contributed by atoms with Gasteiger partial charge in [0.1, 0.15) is 23.1 Å². The SMILES string of the molecule is O=c1[nH]nc(-c2c(F)cc(F)cc2F)c2ccccc12. The van der Waals surface area contributed by atoms with Crippen molar-refractivity contribution in [1.29, 1.82) is 0 Å². The number of aromatic nitrogens is 2. The summed E-state index contributed by atoms with van der Waals surface area (Å²) in [5.41, 5.74) is -1.01. The predicted octanol–water partition coefficient (Wildman–Crippen LogP) is 3.01. The third kappa shape index (κ3) is 1.85. The smallest absolute Gasteiger partial charge is 0.267 e. The number of halogens is 3. The van der Waals surface area contributed by atoms with Crippen molar-refractivity contribution in [1.82, 2.24) is 10.2 Å². The molecule has 0 amide bonds. The van der Waals surface area contributed by atoms with Crippen molar-refractivity contribution in [3.05, 3.63) is 64.2 Å². The fourth-order valence-corrected chi connectivity index (χ4v) is 2.07. The maximum atomic E-state index is 13.8. The largest absolute Gasteiger partial charge is 0.272 e. The third-order valence-corrected chi connectivity index (χ3v) is 2.94. The average Bonchev–Trinajstić information content (AvgIpc) is 2.40. The highest BCUT2D eigenvalue weighted by Crippen LogP contribution is 2.29. The molecule has 0 saturated heterocycles. The van der Waals surface area contributed by atoms with Crippen molar-refractivity contribution >= 4 is 10.8 Å². The van der Waals surface area contributed by atoms with Crippen molar-refractivity contribution in [2.45, 2.75) is 0 Å². The van der Waals surface area contributed by atoms with Crippen LogP contribution in [-0.4, -0.2) is 10.2 Å². The van der Waals surface area contributed by atoms with E-state index >= 15 is 0 Å². The van der Waals surface area contributed by atoms with Crippen molar-refractivity contribution < 1.29 is 13.2 Å². The van der Waals surface area contributed by atoms with E-state index in [0.29, 0.717) is 17.5 Å². The van der Waals surface area contributed by atoms with Crippen LogP contribution in [0.5, 0.6) is 0 Å².